The molecule has 0 saturated heterocycles. The minimum Gasteiger partial charge on any atom is -0.465 e. The highest BCUT2D eigenvalue weighted by atomic mass is 32.1. The monoisotopic (exact) mass is 242 g/mol. The topological polar surface area (TPSA) is 95.4 Å². The van der Waals surface area contributed by atoms with Gasteiger partial charge in [0.1, 0.15) is 4.88 Å². The summed E-state index contributed by atoms with van der Waals surface area (Å²) in [4.78, 5) is 23.1. The zero-order valence-corrected chi connectivity index (χ0v) is 10.2. The van der Waals surface area contributed by atoms with Crippen LogP contribution in [0.4, 0.5) is 5.00 Å². The number of primary amides is 1. The summed E-state index contributed by atoms with van der Waals surface area (Å²) < 4.78 is 4.64. The molecule has 0 atom stereocenters. The van der Waals surface area contributed by atoms with E-state index in [9.17, 15) is 9.59 Å². The van der Waals surface area contributed by atoms with Gasteiger partial charge in [-0.05, 0) is 11.5 Å². The van der Waals surface area contributed by atoms with Crippen molar-refractivity contribution in [3.8, 4) is 0 Å². The molecule has 0 unspecified atom stereocenters. The summed E-state index contributed by atoms with van der Waals surface area (Å²) in [5, 5.41) is 0.261. The molecule has 0 aliphatic rings. The normalized spacial score (nSPS) is 10.5. The Bertz CT molecular complexity index is 438. The number of carbonyl (C=O) groups excluding carboxylic acids is 2. The summed E-state index contributed by atoms with van der Waals surface area (Å²) in [5.74, 6) is -1.13. The van der Waals surface area contributed by atoms with Crippen molar-refractivity contribution in [1.29, 1.82) is 0 Å². The lowest BCUT2D eigenvalue weighted by atomic mass is 9.98. The van der Waals surface area contributed by atoms with Crippen molar-refractivity contribution in [3.63, 3.8) is 0 Å². The van der Waals surface area contributed by atoms with Crippen LogP contribution in [0.5, 0.6) is 0 Å². The number of anilines is 1. The highest BCUT2D eigenvalue weighted by Crippen LogP contribution is 2.36. The first-order valence-corrected chi connectivity index (χ1v) is 5.52. The van der Waals surface area contributed by atoms with Gasteiger partial charge in [-0.3, -0.25) is 4.79 Å². The Labute approximate surface area is 97.4 Å². The van der Waals surface area contributed by atoms with E-state index in [1.54, 1.807) is 0 Å². The molecular formula is C10H14N2O3S. The Morgan fingerprint density at radius 1 is 1.38 bits per heavy atom. The summed E-state index contributed by atoms with van der Waals surface area (Å²) in [6.45, 7) is 3.72. The number of hydrogen-bond donors (Lipinski definition) is 2. The minimum atomic E-state index is -0.618. The average molecular weight is 242 g/mol. The molecule has 0 saturated carbocycles. The first-order valence-electron chi connectivity index (χ1n) is 4.70. The first kappa shape index (κ1) is 12.5. The van der Waals surface area contributed by atoms with E-state index in [1.165, 1.54) is 7.11 Å². The lowest BCUT2D eigenvalue weighted by molar-refractivity contribution is 0.0605. The fraction of sp³-hybridized carbons (Fsp3) is 0.400. The Kier molecular flexibility index (Phi) is 3.54. The van der Waals surface area contributed by atoms with E-state index in [2.05, 4.69) is 4.74 Å². The molecule has 0 bridgehead atoms. The molecule has 0 aliphatic heterocycles. The second-order valence-corrected chi connectivity index (χ2v) is 4.65. The molecule has 0 spiro atoms. The molecule has 88 valence electrons. The third-order valence-corrected chi connectivity index (χ3v) is 3.18. The molecule has 0 aliphatic carbocycles. The summed E-state index contributed by atoms with van der Waals surface area (Å²) >= 11 is 1.03. The van der Waals surface area contributed by atoms with Gasteiger partial charge in [-0.2, -0.15) is 0 Å². The van der Waals surface area contributed by atoms with Crippen LogP contribution in [0.15, 0.2) is 0 Å². The van der Waals surface area contributed by atoms with Gasteiger partial charge in [-0.25, -0.2) is 4.79 Å². The van der Waals surface area contributed by atoms with Gasteiger partial charge in [0, 0.05) is 0 Å². The van der Waals surface area contributed by atoms with Crippen LogP contribution in [-0.4, -0.2) is 19.0 Å². The Balaban J connectivity index is 3.47. The predicted octanol–water partition coefficient (Wildman–Crippen LogP) is 1.34. The molecule has 0 fully saturated rings. The molecule has 4 N–H and O–H groups in total. The van der Waals surface area contributed by atoms with E-state index >= 15 is 0 Å². The highest BCUT2D eigenvalue weighted by Gasteiger charge is 2.26. The standard InChI is InChI=1S/C10H14N2O3S/c1-4(2)5-6(8(11)13)9(12)16-7(5)10(14)15-3/h4H,12H2,1-3H3,(H2,11,13). The third-order valence-electron chi connectivity index (χ3n) is 2.17. The first-order chi connectivity index (χ1) is 7.40. The summed E-state index contributed by atoms with van der Waals surface area (Å²) in [7, 11) is 1.28. The smallest absolute Gasteiger partial charge is 0.348 e. The molecule has 5 nitrogen and oxygen atoms in total. The highest BCUT2D eigenvalue weighted by molar-refractivity contribution is 7.18. The zero-order valence-electron chi connectivity index (χ0n) is 9.37. The fourth-order valence-corrected chi connectivity index (χ4v) is 2.66. The predicted molar refractivity (Wildman–Crippen MR) is 62.7 cm³/mol. The molecule has 6 heteroatoms. The summed E-state index contributed by atoms with van der Waals surface area (Å²) in [6.07, 6.45) is 0. The SMILES string of the molecule is COC(=O)c1sc(N)c(C(N)=O)c1C(C)C. The van der Waals surface area contributed by atoms with E-state index in [0.29, 0.717) is 10.4 Å². The van der Waals surface area contributed by atoms with Gasteiger partial charge in [0.15, 0.2) is 0 Å². The van der Waals surface area contributed by atoms with Crippen LogP contribution in [0, 0.1) is 0 Å². The van der Waals surface area contributed by atoms with E-state index in [0.717, 1.165) is 11.3 Å². The van der Waals surface area contributed by atoms with Crippen molar-refractivity contribution in [3.05, 3.63) is 16.0 Å². The van der Waals surface area contributed by atoms with E-state index < -0.39 is 11.9 Å². The number of amides is 1. The van der Waals surface area contributed by atoms with Crippen LogP contribution in [0.1, 0.15) is 45.4 Å². The Morgan fingerprint density at radius 3 is 2.31 bits per heavy atom. The zero-order chi connectivity index (χ0) is 12.5. The molecular weight excluding hydrogens is 228 g/mol. The van der Waals surface area contributed by atoms with Crippen molar-refractivity contribution in [2.24, 2.45) is 5.73 Å². The number of thiophene rings is 1. The van der Waals surface area contributed by atoms with Crippen molar-refractivity contribution < 1.29 is 14.3 Å². The molecule has 1 aromatic rings. The van der Waals surface area contributed by atoms with Crippen LogP contribution in [0.25, 0.3) is 0 Å². The second-order valence-electron chi connectivity index (χ2n) is 3.59. The van der Waals surface area contributed by atoms with Crippen molar-refractivity contribution >= 4 is 28.2 Å². The van der Waals surface area contributed by atoms with Gasteiger partial charge in [0.25, 0.3) is 5.91 Å². The van der Waals surface area contributed by atoms with Gasteiger partial charge in [-0.1, -0.05) is 13.8 Å². The lowest BCUT2D eigenvalue weighted by Crippen LogP contribution is -2.15. The van der Waals surface area contributed by atoms with Crippen LogP contribution in [0.2, 0.25) is 0 Å². The Morgan fingerprint density at radius 2 is 1.94 bits per heavy atom. The van der Waals surface area contributed by atoms with Gasteiger partial charge in [-0.15, -0.1) is 11.3 Å². The third kappa shape index (κ3) is 2.01. The number of methoxy groups -OCH3 is 1. The molecule has 1 heterocycles. The molecule has 1 aromatic heterocycles. The number of nitrogen functional groups attached to an aromatic ring is 1. The van der Waals surface area contributed by atoms with Gasteiger partial charge in [0.05, 0.1) is 17.7 Å². The summed E-state index contributed by atoms with van der Waals surface area (Å²) in [6, 6.07) is 0. The van der Waals surface area contributed by atoms with E-state index in [-0.39, 0.29) is 16.5 Å². The molecule has 16 heavy (non-hydrogen) atoms. The Hall–Kier alpha value is -1.56. The van der Waals surface area contributed by atoms with Crippen LogP contribution in [-0.2, 0) is 4.74 Å². The van der Waals surface area contributed by atoms with E-state index in [1.807, 2.05) is 13.8 Å². The average Bonchev–Trinajstić information content (AvgIpc) is 2.54. The number of ether oxygens (including phenoxy) is 1. The quantitative estimate of drug-likeness (QED) is 0.782. The lowest BCUT2D eigenvalue weighted by Gasteiger charge is -2.07. The maximum atomic E-state index is 11.5. The number of carbonyl (C=O) groups is 2. The van der Waals surface area contributed by atoms with Gasteiger partial charge in [0.2, 0.25) is 0 Å². The maximum absolute atomic E-state index is 11.5. The molecule has 0 aromatic carbocycles. The number of nitrogens with two attached hydrogens (primary N) is 2. The van der Waals surface area contributed by atoms with Crippen molar-refractivity contribution in [1.82, 2.24) is 0 Å². The van der Waals surface area contributed by atoms with Crippen LogP contribution < -0.4 is 11.5 Å². The van der Waals surface area contributed by atoms with Crippen molar-refractivity contribution in [2.45, 2.75) is 19.8 Å². The molecule has 1 amide bonds. The maximum Gasteiger partial charge on any atom is 0.348 e. The largest absolute Gasteiger partial charge is 0.465 e. The second kappa shape index (κ2) is 4.52. The van der Waals surface area contributed by atoms with Crippen molar-refractivity contribution in [2.75, 3.05) is 12.8 Å². The molecule has 1 rings (SSSR count). The fourth-order valence-electron chi connectivity index (χ4n) is 1.51. The number of hydrogen-bond acceptors (Lipinski definition) is 5. The molecule has 0 radical (unpaired) electrons. The summed E-state index contributed by atoms with van der Waals surface area (Å²) in [5.41, 5.74) is 11.7. The minimum absolute atomic E-state index is 0.0230. The number of esters is 1. The number of rotatable bonds is 3. The van der Waals surface area contributed by atoms with Gasteiger partial charge < -0.3 is 16.2 Å². The van der Waals surface area contributed by atoms with Crippen LogP contribution >= 0.6 is 11.3 Å². The van der Waals surface area contributed by atoms with Crippen LogP contribution in [0.3, 0.4) is 0 Å². The van der Waals surface area contributed by atoms with Gasteiger partial charge >= 0.3 is 5.97 Å². The van der Waals surface area contributed by atoms with E-state index in [4.69, 9.17) is 11.5 Å².